The predicted octanol–water partition coefficient (Wildman–Crippen LogP) is 5.28. The van der Waals surface area contributed by atoms with Crippen molar-refractivity contribution in [1.82, 2.24) is 0 Å². The normalized spacial score (nSPS) is 10.4. The van der Waals surface area contributed by atoms with E-state index in [0.29, 0.717) is 5.02 Å². The largest absolute Gasteiger partial charge is 0.375 e. The molecule has 0 radical (unpaired) electrons. The van der Waals surface area contributed by atoms with Crippen molar-refractivity contribution < 1.29 is 4.79 Å². The fraction of sp³-hybridized carbons (Fsp3) is 0.278. The summed E-state index contributed by atoms with van der Waals surface area (Å²) in [5, 5.41) is 6.83. The van der Waals surface area contributed by atoms with E-state index in [1.54, 1.807) is 0 Å². The van der Waals surface area contributed by atoms with Crippen LogP contribution in [0, 0.1) is 0 Å². The van der Waals surface area contributed by atoms with Crippen LogP contribution in [-0.2, 0) is 17.6 Å². The average Bonchev–Trinajstić information content (AvgIpc) is 2.54. The number of carbonyl (C=O) groups excluding carboxylic acids is 1. The molecule has 0 spiro atoms. The van der Waals surface area contributed by atoms with E-state index in [4.69, 9.17) is 11.6 Å². The van der Waals surface area contributed by atoms with Crippen molar-refractivity contribution in [2.45, 2.75) is 26.7 Å². The Bertz CT molecular complexity index is 703. The van der Waals surface area contributed by atoms with Crippen molar-refractivity contribution in [1.29, 1.82) is 0 Å². The van der Waals surface area contributed by atoms with E-state index in [0.717, 1.165) is 39.8 Å². The van der Waals surface area contributed by atoms with Crippen LogP contribution in [0.25, 0.3) is 0 Å². The fourth-order valence-electron chi connectivity index (χ4n) is 2.43. The maximum atomic E-state index is 12.3. The minimum Gasteiger partial charge on any atom is -0.375 e. The van der Waals surface area contributed by atoms with Crippen LogP contribution in [0.15, 0.2) is 40.9 Å². The number of aryl methyl sites for hydroxylation is 1. The molecule has 0 fully saturated rings. The van der Waals surface area contributed by atoms with Gasteiger partial charge in [0.25, 0.3) is 0 Å². The number of carbonyl (C=O) groups is 1. The van der Waals surface area contributed by atoms with Gasteiger partial charge in [0.1, 0.15) is 0 Å². The molecule has 1 amide bonds. The summed E-state index contributed by atoms with van der Waals surface area (Å²) in [6.45, 7) is 4.30. The Morgan fingerprint density at radius 1 is 1.13 bits per heavy atom. The van der Waals surface area contributed by atoms with Gasteiger partial charge in [-0.15, -0.1) is 0 Å². The third-order valence-electron chi connectivity index (χ3n) is 3.65. The predicted molar refractivity (Wildman–Crippen MR) is 101 cm³/mol. The van der Waals surface area contributed by atoms with Crippen LogP contribution in [0.3, 0.4) is 0 Å². The summed E-state index contributed by atoms with van der Waals surface area (Å²) in [5.74, 6) is -0.0904. The van der Waals surface area contributed by atoms with Crippen molar-refractivity contribution in [3.63, 3.8) is 0 Å². The molecule has 23 heavy (non-hydrogen) atoms. The maximum absolute atomic E-state index is 12.3. The number of anilines is 2. The lowest BCUT2D eigenvalue weighted by molar-refractivity contribution is -0.114. The number of hydrogen-bond acceptors (Lipinski definition) is 2. The molecule has 2 N–H and O–H groups in total. The van der Waals surface area contributed by atoms with Crippen molar-refractivity contribution in [3.05, 3.63) is 57.0 Å². The molecule has 5 heteroatoms. The smallest absolute Gasteiger partial charge is 0.243 e. The van der Waals surface area contributed by atoms with Crippen LogP contribution in [-0.4, -0.2) is 12.5 Å². The SMILES string of the molecule is CCc1ccc(Cl)c(CC)c1NC(=O)CNc1ccccc1Br. The van der Waals surface area contributed by atoms with E-state index in [1.165, 1.54) is 0 Å². The van der Waals surface area contributed by atoms with Crippen molar-refractivity contribution >= 4 is 44.8 Å². The zero-order chi connectivity index (χ0) is 16.8. The number of amides is 1. The Morgan fingerprint density at radius 2 is 1.87 bits per heavy atom. The van der Waals surface area contributed by atoms with E-state index in [2.05, 4.69) is 33.5 Å². The molecule has 0 unspecified atom stereocenters. The first-order chi connectivity index (χ1) is 11.1. The Labute approximate surface area is 150 Å². The summed E-state index contributed by atoms with van der Waals surface area (Å²) < 4.78 is 0.930. The highest BCUT2D eigenvalue weighted by Crippen LogP contribution is 2.29. The topological polar surface area (TPSA) is 41.1 Å². The van der Waals surface area contributed by atoms with Crippen LogP contribution in [0.4, 0.5) is 11.4 Å². The van der Waals surface area contributed by atoms with Gasteiger partial charge in [0, 0.05) is 20.9 Å². The van der Waals surface area contributed by atoms with Gasteiger partial charge in [-0.3, -0.25) is 4.79 Å². The zero-order valence-electron chi connectivity index (χ0n) is 13.2. The first-order valence-electron chi connectivity index (χ1n) is 7.65. The molecule has 0 atom stereocenters. The summed E-state index contributed by atoms with van der Waals surface area (Å²) in [7, 11) is 0. The number of nitrogens with one attached hydrogen (secondary N) is 2. The highest BCUT2D eigenvalue weighted by atomic mass is 79.9. The van der Waals surface area contributed by atoms with Gasteiger partial charge in [0.2, 0.25) is 5.91 Å². The molecular weight excluding hydrogens is 376 g/mol. The van der Waals surface area contributed by atoms with Crippen LogP contribution < -0.4 is 10.6 Å². The Kier molecular flexibility index (Phi) is 6.48. The summed E-state index contributed by atoms with van der Waals surface area (Å²) in [6, 6.07) is 11.6. The molecular formula is C18H20BrClN2O. The molecule has 2 aromatic rings. The third kappa shape index (κ3) is 4.49. The number of rotatable bonds is 6. The first kappa shape index (κ1) is 17.8. The molecule has 0 aliphatic carbocycles. The molecule has 122 valence electrons. The van der Waals surface area contributed by atoms with Crippen LogP contribution >= 0.6 is 27.5 Å². The zero-order valence-corrected chi connectivity index (χ0v) is 15.6. The first-order valence-corrected chi connectivity index (χ1v) is 8.82. The van der Waals surface area contributed by atoms with E-state index in [-0.39, 0.29) is 12.5 Å². The van der Waals surface area contributed by atoms with Gasteiger partial charge >= 0.3 is 0 Å². The highest BCUT2D eigenvalue weighted by molar-refractivity contribution is 9.10. The molecule has 0 aliphatic heterocycles. The molecule has 0 saturated carbocycles. The van der Waals surface area contributed by atoms with Crippen molar-refractivity contribution in [2.24, 2.45) is 0 Å². The Hall–Kier alpha value is -1.52. The monoisotopic (exact) mass is 394 g/mol. The summed E-state index contributed by atoms with van der Waals surface area (Å²) in [4.78, 5) is 12.3. The lowest BCUT2D eigenvalue weighted by Crippen LogP contribution is -2.23. The highest BCUT2D eigenvalue weighted by Gasteiger charge is 2.13. The number of para-hydroxylation sites is 1. The fourth-order valence-corrected chi connectivity index (χ4v) is 3.15. The second kappa shape index (κ2) is 8.37. The minimum atomic E-state index is -0.0904. The van der Waals surface area contributed by atoms with Gasteiger partial charge < -0.3 is 10.6 Å². The second-order valence-corrected chi connectivity index (χ2v) is 6.41. The molecule has 0 aliphatic rings. The quantitative estimate of drug-likeness (QED) is 0.699. The molecule has 3 nitrogen and oxygen atoms in total. The molecule has 0 bridgehead atoms. The second-order valence-electron chi connectivity index (χ2n) is 5.15. The van der Waals surface area contributed by atoms with Crippen LogP contribution in [0.2, 0.25) is 5.02 Å². The average molecular weight is 396 g/mol. The molecule has 2 rings (SSSR count). The van der Waals surface area contributed by atoms with Gasteiger partial charge in [-0.1, -0.05) is 43.6 Å². The molecule has 0 heterocycles. The summed E-state index contributed by atoms with van der Waals surface area (Å²) >= 11 is 9.72. The van der Waals surface area contributed by atoms with Gasteiger partial charge in [0.05, 0.1) is 6.54 Å². The summed E-state index contributed by atoms with van der Waals surface area (Å²) in [5.41, 5.74) is 3.82. The molecule has 2 aromatic carbocycles. The van der Waals surface area contributed by atoms with Crippen LogP contribution in [0.5, 0.6) is 0 Å². The maximum Gasteiger partial charge on any atom is 0.243 e. The summed E-state index contributed by atoms with van der Waals surface area (Å²) in [6.07, 6.45) is 1.62. The standard InChI is InChI=1S/C18H20BrClN2O/c1-3-12-9-10-15(20)13(4-2)18(12)22-17(23)11-21-16-8-6-5-7-14(16)19/h5-10,21H,3-4,11H2,1-2H3,(H,22,23). The Balaban J connectivity index is 2.11. The lowest BCUT2D eigenvalue weighted by atomic mass is 10.0. The Morgan fingerprint density at radius 3 is 2.52 bits per heavy atom. The van der Waals surface area contributed by atoms with Gasteiger partial charge in [-0.05, 0) is 58.1 Å². The number of hydrogen-bond donors (Lipinski definition) is 2. The van der Waals surface area contributed by atoms with E-state index in [9.17, 15) is 4.79 Å². The molecule has 0 saturated heterocycles. The van der Waals surface area contributed by atoms with E-state index in [1.807, 2.05) is 43.3 Å². The third-order valence-corrected chi connectivity index (χ3v) is 4.70. The van der Waals surface area contributed by atoms with Crippen LogP contribution in [0.1, 0.15) is 25.0 Å². The number of halogens is 2. The number of benzene rings is 2. The van der Waals surface area contributed by atoms with E-state index >= 15 is 0 Å². The van der Waals surface area contributed by atoms with Gasteiger partial charge in [-0.25, -0.2) is 0 Å². The van der Waals surface area contributed by atoms with Crippen molar-refractivity contribution in [3.8, 4) is 0 Å². The van der Waals surface area contributed by atoms with Gasteiger partial charge in [-0.2, -0.15) is 0 Å². The minimum absolute atomic E-state index is 0.0904. The van der Waals surface area contributed by atoms with Gasteiger partial charge in [0.15, 0.2) is 0 Å². The van der Waals surface area contributed by atoms with Crippen molar-refractivity contribution in [2.75, 3.05) is 17.2 Å². The lowest BCUT2D eigenvalue weighted by Gasteiger charge is -2.16. The molecule has 0 aromatic heterocycles. The van der Waals surface area contributed by atoms with E-state index < -0.39 is 0 Å².